The highest BCUT2D eigenvalue weighted by molar-refractivity contribution is 5.84. The molecule has 0 spiro atoms. The van der Waals surface area contributed by atoms with E-state index in [2.05, 4.69) is 32.7 Å². The van der Waals surface area contributed by atoms with Crippen molar-refractivity contribution >= 4 is 5.91 Å². The van der Waals surface area contributed by atoms with Gasteiger partial charge in [-0.1, -0.05) is 30.3 Å². The second kappa shape index (κ2) is 6.75. The van der Waals surface area contributed by atoms with Crippen molar-refractivity contribution in [3.8, 4) is 0 Å². The molecular weight excluding hydrogens is 276 g/mol. The van der Waals surface area contributed by atoms with Crippen molar-refractivity contribution in [1.29, 1.82) is 0 Å². The lowest BCUT2D eigenvalue weighted by Gasteiger charge is -2.41. The summed E-state index contributed by atoms with van der Waals surface area (Å²) in [6.07, 6.45) is 6.13. The molecule has 22 heavy (non-hydrogen) atoms. The van der Waals surface area contributed by atoms with Gasteiger partial charge in [0.1, 0.15) is 5.82 Å². The standard InChI is InChI=1S/C17H22N4O/c22-16(21-8-4-7-15-19-9-10-20-15)17(12-18-13-17)11-14-5-2-1-3-6-14/h1-3,5-6,9-10,18H,4,7-8,11-13H2,(H,19,20)(H,21,22). The molecule has 1 saturated heterocycles. The van der Waals surface area contributed by atoms with Crippen molar-refractivity contribution in [2.24, 2.45) is 5.41 Å². The van der Waals surface area contributed by atoms with Crippen molar-refractivity contribution in [2.45, 2.75) is 19.3 Å². The van der Waals surface area contributed by atoms with Gasteiger partial charge >= 0.3 is 0 Å². The first-order chi connectivity index (χ1) is 10.8. The van der Waals surface area contributed by atoms with Crippen molar-refractivity contribution < 1.29 is 4.79 Å². The van der Waals surface area contributed by atoms with E-state index in [0.717, 1.165) is 38.2 Å². The van der Waals surface area contributed by atoms with E-state index in [4.69, 9.17) is 0 Å². The lowest BCUT2D eigenvalue weighted by molar-refractivity contribution is -0.133. The smallest absolute Gasteiger partial charge is 0.229 e. The summed E-state index contributed by atoms with van der Waals surface area (Å²) in [6.45, 7) is 2.20. The molecule has 0 saturated carbocycles. The number of carbonyl (C=O) groups excluding carboxylic acids is 1. The largest absolute Gasteiger partial charge is 0.356 e. The number of amides is 1. The van der Waals surface area contributed by atoms with Crippen molar-refractivity contribution in [3.63, 3.8) is 0 Å². The van der Waals surface area contributed by atoms with Crippen LogP contribution in [0.15, 0.2) is 42.7 Å². The minimum atomic E-state index is -0.286. The maximum Gasteiger partial charge on any atom is 0.229 e. The van der Waals surface area contributed by atoms with Crippen LogP contribution in [-0.4, -0.2) is 35.5 Å². The number of rotatable bonds is 7. The number of imidazole rings is 1. The molecule has 0 radical (unpaired) electrons. The van der Waals surface area contributed by atoms with E-state index >= 15 is 0 Å². The molecule has 1 aliphatic heterocycles. The molecule has 5 nitrogen and oxygen atoms in total. The highest BCUT2D eigenvalue weighted by Gasteiger charge is 2.43. The van der Waals surface area contributed by atoms with E-state index in [1.807, 2.05) is 24.4 Å². The molecule has 116 valence electrons. The number of hydrogen-bond acceptors (Lipinski definition) is 3. The zero-order chi connectivity index (χ0) is 15.3. The Kier molecular flexibility index (Phi) is 4.53. The third-order valence-electron chi connectivity index (χ3n) is 4.22. The Hall–Kier alpha value is -2.14. The van der Waals surface area contributed by atoms with E-state index in [1.54, 1.807) is 6.20 Å². The summed E-state index contributed by atoms with van der Waals surface area (Å²) < 4.78 is 0. The van der Waals surface area contributed by atoms with Crippen LogP contribution in [0.3, 0.4) is 0 Å². The summed E-state index contributed by atoms with van der Waals surface area (Å²) in [5.74, 6) is 1.13. The molecule has 1 fully saturated rings. The molecule has 1 aromatic heterocycles. The third kappa shape index (κ3) is 3.36. The lowest BCUT2D eigenvalue weighted by Crippen LogP contribution is -2.62. The second-order valence-corrected chi connectivity index (χ2v) is 5.94. The first kappa shape index (κ1) is 14.8. The van der Waals surface area contributed by atoms with Gasteiger partial charge in [0.05, 0.1) is 5.41 Å². The highest BCUT2D eigenvalue weighted by Crippen LogP contribution is 2.28. The topological polar surface area (TPSA) is 69.8 Å². The Balaban J connectivity index is 1.49. The lowest BCUT2D eigenvalue weighted by atomic mass is 9.75. The summed E-state index contributed by atoms with van der Waals surface area (Å²) >= 11 is 0. The van der Waals surface area contributed by atoms with Gasteiger partial charge in [0.15, 0.2) is 0 Å². The number of carbonyl (C=O) groups is 1. The summed E-state index contributed by atoms with van der Waals surface area (Å²) in [4.78, 5) is 19.8. The molecule has 3 rings (SSSR count). The van der Waals surface area contributed by atoms with Gasteiger partial charge in [-0.05, 0) is 18.4 Å². The maximum absolute atomic E-state index is 12.5. The minimum Gasteiger partial charge on any atom is -0.356 e. The Morgan fingerprint density at radius 3 is 2.73 bits per heavy atom. The number of aromatic amines is 1. The van der Waals surface area contributed by atoms with Crippen LogP contribution in [0.5, 0.6) is 0 Å². The quantitative estimate of drug-likeness (QED) is 0.675. The summed E-state index contributed by atoms with van der Waals surface area (Å²) in [7, 11) is 0. The summed E-state index contributed by atoms with van der Waals surface area (Å²) in [6, 6.07) is 10.2. The fourth-order valence-corrected chi connectivity index (χ4v) is 2.86. The number of nitrogens with zero attached hydrogens (tertiary/aromatic N) is 1. The van der Waals surface area contributed by atoms with Gasteiger partial charge < -0.3 is 15.6 Å². The molecule has 1 amide bonds. The Labute approximate surface area is 130 Å². The predicted octanol–water partition coefficient (Wildman–Crippen LogP) is 1.29. The number of benzene rings is 1. The van der Waals surface area contributed by atoms with Gasteiger partial charge in [-0.15, -0.1) is 0 Å². The molecule has 0 atom stereocenters. The van der Waals surface area contributed by atoms with Crippen LogP contribution >= 0.6 is 0 Å². The Bertz CT molecular complexity index is 590. The molecular formula is C17H22N4O. The SMILES string of the molecule is O=C(NCCCc1ncc[nH]1)C1(Cc2ccccc2)CNC1. The molecule has 2 heterocycles. The zero-order valence-corrected chi connectivity index (χ0v) is 12.6. The predicted molar refractivity (Wildman–Crippen MR) is 85.4 cm³/mol. The van der Waals surface area contributed by atoms with Gasteiger partial charge in [0, 0.05) is 38.4 Å². The van der Waals surface area contributed by atoms with Gasteiger partial charge in [0.25, 0.3) is 0 Å². The van der Waals surface area contributed by atoms with Gasteiger partial charge in [-0.2, -0.15) is 0 Å². The van der Waals surface area contributed by atoms with Crippen LogP contribution in [-0.2, 0) is 17.6 Å². The van der Waals surface area contributed by atoms with E-state index < -0.39 is 0 Å². The van der Waals surface area contributed by atoms with Crippen molar-refractivity contribution in [3.05, 3.63) is 54.1 Å². The molecule has 5 heteroatoms. The molecule has 0 unspecified atom stereocenters. The van der Waals surface area contributed by atoms with E-state index in [9.17, 15) is 4.79 Å². The average Bonchev–Trinajstić information content (AvgIpc) is 3.01. The van der Waals surface area contributed by atoms with Gasteiger partial charge in [-0.25, -0.2) is 4.98 Å². The Morgan fingerprint density at radius 2 is 2.09 bits per heavy atom. The third-order valence-corrected chi connectivity index (χ3v) is 4.22. The summed E-state index contributed by atoms with van der Waals surface area (Å²) in [5.41, 5.74) is 0.932. The van der Waals surface area contributed by atoms with Crippen molar-refractivity contribution in [1.82, 2.24) is 20.6 Å². The maximum atomic E-state index is 12.5. The van der Waals surface area contributed by atoms with Crippen LogP contribution in [0.1, 0.15) is 17.8 Å². The fourth-order valence-electron chi connectivity index (χ4n) is 2.86. The first-order valence-corrected chi connectivity index (χ1v) is 7.80. The molecule has 2 aromatic rings. The zero-order valence-electron chi connectivity index (χ0n) is 12.6. The highest BCUT2D eigenvalue weighted by atomic mass is 16.2. The number of hydrogen-bond donors (Lipinski definition) is 3. The van der Waals surface area contributed by atoms with Crippen molar-refractivity contribution in [2.75, 3.05) is 19.6 Å². The second-order valence-electron chi connectivity index (χ2n) is 5.94. The normalized spacial score (nSPS) is 16.0. The van der Waals surface area contributed by atoms with Gasteiger partial charge in [0.2, 0.25) is 5.91 Å². The molecule has 0 aliphatic carbocycles. The number of nitrogens with one attached hydrogen (secondary N) is 3. The van der Waals surface area contributed by atoms with E-state index in [-0.39, 0.29) is 11.3 Å². The van der Waals surface area contributed by atoms with Crippen LogP contribution < -0.4 is 10.6 Å². The first-order valence-electron chi connectivity index (χ1n) is 7.80. The average molecular weight is 298 g/mol. The Morgan fingerprint density at radius 1 is 1.27 bits per heavy atom. The van der Waals surface area contributed by atoms with Crippen LogP contribution in [0.4, 0.5) is 0 Å². The minimum absolute atomic E-state index is 0.162. The van der Waals surface area contributed by atoms with Crippen LogP contribution in [0, 0.1) is 5.41 Å². The summed E-state index contributed by atoms with van der Waals surface area (Å²) in [5, 5.41) is 6.33. The van der Waals surface area contributed by atoms with Crippen LogP contribution in [0.2, 0.25) is 0 Å². The van der Waals surface area contributed by atoms with E-state index in [0.29, 0.717) is 6.54 Å². The number of aryl methyl sites for hydroxylation is 1. The molecule has 3 N–H and O–H groups in total. The van der Waals surface area contributed by atoms with E-state index in [1.165, 1.54) is 5.56 Å². The molecule has 1 aliphatic rings. The monoisotopic (exact) mass is 298 g/mol. The van der Waals surface area contributed by atoms with Gasteiger partial charge in [-0.3, -0.25) is 4.79 Å². The number of H-pyrrole nitrogens is 1. The molecule has 0 bridgehead atoms. The number of aromatic nitrogens is 2. The van der Waals surface area contributed by atoms with Crippen LogP contribution in [0.25, 0.3) is 0 Å². The fraction of sp³-hybridized carbons (Fsp3) is 0.412. The molecule has 1 aromatic carbocycles.